The van der Waals surface area contributed by atoms with E-state index in [0.29, 0.717) is 12.1 Å². The number of rotatable bonds is 9. The molecule has 2 aromatic rings. The summed E-state index contributed by atoms with van der Waals surface area (Å²) in [5.41, 5.74) is 1.55. The first-order valence-electron chi connectivity index (χ1n) is 9.22. The lowest BCUT2D eigenvalue weighted by atomic mass is 10.1. The quantitative estimate of drug-likeness (QED) is 0.625. The van der Waals surface area contributed by atoms with Gasteiger partial charge in [0.05, 0.1) is 10.6 Å². The predicted molar refractivity (Wildman–Crippen MR) is 106 cm³/mol. The van der Waals surface area contributed by atoms with Gasteiger partial charge in [0.2, 0.25) is 5.91 Å². The van der Waals surface area contributed by atoms with Crippen LogP contribution in [-0.2, 0) is 21.2 Å². The van der Waals surface area contributed by atoms with Crippen LogP contribution in [0.25, 0.3) is 0 Å². The van der Waals surface area contributed by atoms with Crippen LogP contribution < -0.4 is 4.31 Å². The summed E-state index contributed by atoms with van der Waals surface area (Å²) < 4.78 is 27.2. The highest BCUT2D eigenvalue weighted by molar-refractivity contribution is 7.93. The fraction of sp³-hybridized carbons (Fsp3) is 0.381. The van der Waals surface area contributed by atoms with Crippen molar-refractivity contribution in [1.82, 2.24) is 0 Å². The summed E-state index contributed by atoms with van der Waals surface area (Å²) in [4.78, 5) is 12.9. The van der Waals surface area contributed by atoms with Crippen molar-refractivity contribution in [2.24, 2.45) is 0 Å². The van der Waals surface area contributed by atoms with E-state index in [4.69, 9.17) is 0 Å². The maximum absolute atomic E-state index is 13.1. The Bertz CT molecular complexity index is 799. The van der Waals surface area contributed by atoms with Crippen LogP contribution in [0.2, 0.25) is 0 Å². The molecule has 1 amide bonds. The second-order valence-electron chi connectivity index (χ2n) is 6.35. The standard InChI is InChI=1S/C21H27NO3S/c1-3-5-10-18-14-16-19(17-15-18)22(21(23)13-6-4-2)26(24,25)20-11-8-7-9-12-20/h7-9,11-12,14-17H,3-6,10,13H2,1-2H3. The van der Waals surface area contributed by atoms with Gasteiger partial charge < -0.3 is 0 Å². The van der Waals surface area contributed by atoms with Gasteiger partial charge in [-0.15, -0.1) is 0 Å². The molecule has 0 N–H and O–H groups in total. The van der Waals surface area contributed by atoms with Gasteiger partial charge >= 0.3 is 0 Å². The molecule has 5 heteroatoms. The number of hydrogen-bond donors (Lipinski definition) is 0. The van der Waals surface area contributed by atoms with E-state index in [0.717, 1.165) is 35.6 Å². The van der Waals surface area contributed by atoms with Gasteiger partial charge in [-0.1, -0.05) is 57.0 Å². The molecular formula is C21H27NO3S. The maximum atomic E-state index is 13.1. The molecule has 0 heterocycles. The number of sulfonamides is 1. The highest BCUT2D eigenvalue weighted by Gasteiger charge is 2.30. The zero-order valence-corrected chi connectivity index (χ0v) is 16.3. The van der Waals surface area contributed by atoms with Crippen molar-refractivity contribution in [2.45, 2.75) is 57.3 Å². The van der Waals surface area contributed by atoms with Crippen LogP contribution in [0, 0.1) is 0 Å². The SMILES string of the molecule is CCCCC(=O)N(c1ccc(CCCC)cc1)S(=O)(=O)c1ccccc1. The minimum absolute atomic E-state index is 0.125. The summed E-state index contributed by atoms with van der Waals surface area (Å²) in [7, 11) is -3.93. The predicted octanol–water partition coefficient (Wildman–Crippen LogP) is 4.94. The van der Waals surface area contributed by atoms with Crippen molar-refractivity contribution in [3.63, 3.8) is 0 Å². The molecule has 0 radical (unpaired) electrons. The summed E-state index contributed by atoms with van der Waals surface area (Å²) in [6.45, 7) is 4.11. The number of unbranched alkanes of at least 4 members (excludes halogenated alkanes) is 2. The van der Waals surface area contributed by atoms with E-state index in [2.05, 4.69) is 6.92 Å². The summed E-state index contributed by atoms with van der Waals surface area (Å²) in [5.74, 6) is -0.392. The third-order valence-corrected chi connectivity index (χ3v) is 6.01. The van der Waals surface area contributed by atoms with Crippen LogP contribution in [0.15, 0.2) is 59.5 Å². The van der Waals surface area contributed by atoms with E-state index in [1.165, 1.54) is 12.1 Å². The van der Waals surface area contributed by atoms with Gasteiger partial charge in [-0.3, -0.25) is 4.79 Å². The van der Waals surface area contributed by atoms with Crippen LogP contribution >= 0.6 is 0 Å². The van der Waals surface area contributed by atoms with Gasteiger partial charge in [-0.2, -0.15) is 0 Å². The van der Waals surface area contributed by atoms with Crippen molar-refractivity contribution in [2.75, 3.05) is 4.31 Å². The Balaban J connectivity index is 2.40. The van der Waals surface area contributed by atoms with E-state index < -0.39 is 15.9 Å². The first-order valence-corrected chi connectivity index (χ1v) is 10.7. The molecule has 0 aliphatic carbocycles. The first kappa shape index (κ1) is 20.2. The van der Waals surface area contributed by atoms with Crippen molar-refractivity contribution in [1.29, 1.82) is 0 Å². The molecule has 0 aromatic heterocycles. The van der Waals surface area contributed by atoms with E-state index >= 15 is 0 Å². The van der Waals surface area contributed by atoms with E-state index in [9.17, 15) is 13.2 Å². The monoisotopic (exact) mass is 373 g/mol. The Morgan fingerprint density at radius 2 is 1.50 bits per heavy atom. The van der Waals surface area contributed by atoms with Crippen molar-refractivity contribution in [3.05, 3.63) is 60.2 Å². The average Bonchev–Trinajstić information content (AvgIpc) is 2.66. The highest BCUT2D eigenvalue weighted by atomic mass is 32.2. The molecule has 4 nitrogen and oxygen atoms in total. The van der Waals surface area contributed by atoms with Gasteiger partial charge in [-0.05, 0) is 49.1 Å². The fourth-order valence-electron chi connectivity index (χ4n) is 2.72. The lowest BCUT2D eigenvalue weighted by Crippen LogP contribution is -2.36. The van der Waals surface area contributed by atoms with Crippen LogP contribution in [0.3, 0.4) is 0 Å². The Morgan fingerprint density at radius 3 is 2.08 bits per heavy atom. The molecule has 0 saturated carbocycles. The third-order valence-electron chi connectivity index (χ3n) is 4.24. The summed E-state index contributed by atoms with van der Waals surface area (Å²) in [5, 5.41) is 0. The van der Waals surface area contributed by atoms with Crippen molar-refractivity contribution >= 4 is 21.6 Å². The Morgan fingerprint density at radius 1 is 0.885 bits per heavy atom. The van der Waals surface area contributed by atoms with E-state index in [-0.39, 0.29) is 11.3 Å². The second-order valence-corrected chi connectivity index (χ2v) is 8.14. The lowest BCUT2D eigenvalue weighted by molar-refractivity contribution is -0.117. The number of amides is 1. The molecule has 2 aromatic carbocycles. The third kappa shape index (κ3) is 4.94. The van der Waals surface area contributed by atoms with Crippen LogP contribution in [0.4, 0.5) is 5.69 Å². The maximum Gasteiger partial charge on any atom is 0.270 e. The van der Waals surface area contributed by atoms with Gasteiger partial charge in [0.1, 0.15) is 0 Å². The molecular weight excluding hydrogens is 346 g/mol. The number of benzene rings is 2. The first-order chi connectivity index (χ1) is 12.5. The van der Waals surface area contributed by atoms with Crippen molar-refractivity contribution < 1.29 is 13.2 Å². The smallest absolute Gasteiger partial charge is 0.270 e. The van der Waals surface area contributed by atoms with E-state index in [1.807, 2.05) is 19.1 Å². The molecule has 0 aliphatic heterocycles. The Kier molecular flexibility index (Phi) is 7.39. The molecule has 26 heavy (non-hydrogen) atoms. The molecule has 0 aliphatic rings. The number of carbonyl (C=O) groups is 1. The van der Waals surface area contributed by atoms with Gasteiger partial charge in [-0.25, -0.2) is 12.7 Å². The normalized spacial score (nSPS) is 11.3. The number of anilines is 1. The second kappa shape index (κ2) is 9.53. The number of aryl methyl sites for hydroxylation is 1. The van der Waals surface area contributed by atoms with Crippen LogP contribution in [0.5, 0.6) is 0 Å². The molecule has 0 atom stereocenters. The highest BCUT2D eigenvalue weighted by Crippen LogP contribution is 2.26. The Labute approximate surface area is 156 Å². The zero-order chi connectivity index (χ0) is 19.0. The molecule has 2 rings (SSSR count). The molecule has 0 unspecified atom stereocenters. The fourth-order valence-corrected chi connectivity index (χ4v) is 4.19. The van der Waals surface area contributed by atoms with Gasteiger partial charge in [0, 0.05) is 6.42 Å². The van der Waals surface area contributed by atoms with Gasteiger partial charge in [0.25, 0.3) is 10.0 Å². The van der Waals surface area contributed by atoms with Gasteiger partial charge in [0.15, 0.2) is 0 Å². The lowest BCUT2D eigenvalue weighted by Gasteiger charge is -2.23. The summed E-state index contributed by atoms with van der Waals surface area (Å²) >= 11 is 0. The van der Waals surface area contributed by atoms with Crippen molar-refractivity contribution in [3.8, 4) is 0 Å². The average molecular weight is 374 g/mol. The molecule has 0 saturated heterocycles. The molecule has 140 valence electrons. The van der Waals surface area contributed by atoms with E-state index in [1.54, 1.807) is 30.3 Å². The number of carbonyl (C=O) groups excluding carboxylic acids is 1. The molecule has 0 fully saturated rings. The summed E-state index contributed by atoms with van der Waals surface area (Å²) in [6.07, 6.45) is 4.84. The Hall–Kier alpha value is -2.14. The van der Waals surface area contributed by atoms with Crippen LogP contribution in [0.1, 0.15) is 51.5 Å². The zero-order valence-electron chi connectivity index (χ0n) is 15.5. The topological polar surface area (TPSA) is 54.5 Å². The minimum Gasteiger partial charge on any atom is -0.273 e. The largest absolute Gasteiger partial charge is 0.273 e. The molecule has 0 bridgehead atoms. The minimum atomic E-state index is -3.93. The summed E-state index contributed by atoms with van der Waals surface area (Å²) in [6, 6.07) is 15.4. The van der Waals surface area contributed by atoms with Crippen LogP contribution in [-0.4, -0.2) is 14.3 Å². The number of hydrogen-bond acceptors (Lipinski definition) is 3. The molecule has 0 spiro atoms. The number of nitrogens with zero attached hydrogens (tertiary/aromatic N) is 1.